The summed E-state index contributed by atoms with van der Waals surface area (Å²) >= 11 is 0. The van der Waals surface area contributed by atoms with Gasteiger partial charge in [0.15, 0.2) is 11.5 Å². The van der Waals surface area contributed by atoms with E-state index in [1.54, 1.807) is 0 Å². The van der Waals surface area contributed by atoms with Crippen molar-refractivity contribution in [2.75, 3.05) is 38.9 Å². The van der Waals surface area contributed by atoms with Crippen molar-refractivity contribution in [2.45, 2.75) is 25.2 Å². The fraction of sp³-hybridized carbons (Fsp3) is 0.391. The Kier molecular flexibility index (Phi) is 7.22. The number of benzene rings is 2. The summed E-state index contributed by atoms with van der Waals surface area (Å²) in [6.45, 7) is 2.97. The van der Waals surface area contributed by atoms with Gasteiger partial charge < -0.3 is 24.3 Å². The molecule has 0 bridgehead atoms. The molecule has 2 heterocycles. The molecule has 12 heteroatoms. The number of rotatable bonds is 7. The molecule has 0 radical (unpaired) electrons. The number of hydrogen-bond acceptors (Lipinski definition) is 7. The predicted molar refractivity (Wildman–Crippen MR) is 116 cm³/mol. The summed E-state index contributed by atoms with van der Waals surface area (Å²) in [5.74, 6) is -0.476. The van der Waals surface area contributed by atoms with E-state index in [1.807, 2.05) is 0 Å². The van der Waals surface area contributed by atoms with Crippen LogP contribution in [0.2, 0.25) is 0 Å². The average molecular weight is 499 g/mol. The number of alkyl halides is 3. The first-order valence-electron chi connectivity index (χ1n) is 10.7. The van der Waals surface area contributed by atoms with Gasteiger partial charge in [0.05, 0.1) is 44.1 Å². The molecule has 7 nitrogen and oxygen atoms in total. The van der Waals surface area contributed by atoms with Gasteiger partial charge in [-0.05, 0) is 36.8 Å². The van der Waals surface area contributed by atoms with Crippen LogP contribution < -0.4 is 14.8 Å². The lowest BCUT2D eigenvalue weighted by Crippen LogP contribution is -2.33. The van der Waals surface area contributed by atoms with Crippen molar-refractivity contribution in [3.63, 3.8) is 0 Å². The number of anilines is 1. The summed E-state index contributed by atoms with van der Waals surface area (Å²) < 4.78 is 89.5. The van der Waals surface area contributed by atoms with Crippen LogP contribution >= 0.6 is 0 Å². The lowest BCUT2D eigenvalue weighted by atomic mass is 10.0. The highest BCUT2D eigenvalue weighted by Crippen LogP contribution is 2.36. The fourth-order valence-electron chi connectivity index (χ4n) is 3.62. The third-order valence-electron chi connectivity index (χ3n) is 5.36. The molecule has 2 aromatic carbocycles. The topological polar surface area (TPSA) is 74.7 Å². The molecule has 1 aliphatic rings. The van der Waals surface area contributed by atoms with Gasteiger partial charge in [-0.2, -0.15) is 22.5 Å². The molecule has 0 spiro atoms. The highest BCUT2D eigenvalue weighted by molar-refractivity contribution is 5.91. The maximum Gasteiger partial charge on any atom is 0.416 e. The van der Waals surface area contributed by atoms with E-state index in [4.69, 9.17) is 18.9 Å². The number of hydrogen-bond donors (Lipinski definition) is 1. The van der Waals surface area contributed by atoms with Crippen molar-refractivity contribution in [1.29, 1.82) is 0 Å². The van der Waals surface area contributed by atoms with Crippen LogP contribution in [0.25, 0.3) is 10.9 Å². The zero-order valence-corrected chi connectivity index (χ0v) is 18.8. The normalized spacial score (nSPS) is 17.3. The first-order chi connectivity index (χ1) is 16.6. The van der Waals surface area contributed by atoms with Crippen LogP contribution in [0.4, 0.5) is 27.8 Å². The molecule has 2 atom stereocenters. The summed E-state index contributed by atoms with van der Waals surface area (Å²) in [7, 11) is 1.41. The molecule has 0 saturated carbocycles. The smallest absolute Gasteiger partial charge is 0.416 e. The Hall–Kier alpha value is -3.25. The number of nitrogens with zero attached hydrogens (tertiary/aromatic N) is 2. The molecule has 0 amide bonds. The summed E-state index contributed by atoms with van der Waals surface area (Å²) in [5, 5.41) is 3.17. The van der Waals surface area contributed by atoms with Gasteiger partial charge in [0.1, 0.15) is 24.3 Å². The van der Waals surface area contributed by atoms with E-state index >= 15 is 0 Å². The van der Waals surface area contributed by atoms with Gasteiger partial charge in [0, 0.05) is 11.5 Å². The lowest BCUT2D eigenvalue weighted by molar-refractivity contribution is -0.137. The Morgan fingerprint density at radius 1 is 1.09 bits per heavy atom. The summed E-state index contributed by atoms with van der Waals surface area (Å²) in [6.07, 6.45) is -6.08. The lowest BCUT2D eigenvalue weighted by Gasteiger charge is -2.23. The zero-order chi connectivity index (χ0) is 25.2. The number of aromatic nitrogens is 2. The molecule has 0 aliphatic carbocycles. The molecule has 4 rings (SSSR count). The molecule has 0 unspecified atom stereocenters. The Morgan fingerprint density at radius 2 is 1.89 bits per heavy atom. The van der Waals surface area contributed by atoms with Crippen molar-refractivity contribution in [1.82, 2.24) is 9.97 Å². The van der Waals surface area contributed by atoms with E-state index in [9.17, 15) is 22.0 Å². The van der Waals surface area contributed by atoms with E-state index in [0.717, 1.165) is 12.1 Å². The van der Waals surface area contributed by atoms with Crippen LogP contribution in [-0.4, -0.2) is 49.6 Å². The van der Waals surface area contributed by atoms with Gasteiger partial charge in [-0.3, -0.25) is 0 Å². The Labute approximate surface area is 197 Å². The summed E-state index contributed by atoms with van der Waals surface area (Å²) in [5.41, 5.74) is -0.956. The number of fused-ring (bicyclic) bond motifs is 1. The molecule has 3 aromatic rings. The number of methoxy groups -OCH3 is 1. The van der Waals surface area contributed by atoms with Crippen molar-refractivity contribution >= 4 is 16.7 Å². The Bertz CT molecular complexity index is 1200. The van der Waals surface area contributed by atoms with Gasteiger partial charge in [-0.15, -0.1) is 0 Å². The first kappa shape index (κ1) is 24.9. The van der Waals surface area contributed by atoms with E-state index in [0.29, 0.717) is 37.0 Å². The van der Waals surface area contributed by atoms with Gasteiger partial charge >= 0.3 is 12.3 Å². The molecular formula is C23H22F5N3O4. The van der Waals surface area contributed by atoms with Crippen molar-refractivity contribution < 1.29 is 40.9 Å². The van der Waals surface area contributed by atoms with E-state index in [2.05, 4.69) is 15.3 Å². The Morgan fingerprint density at radius 3 is 2.57 bits per heavy atom. The third kappa shape index (κ3) is 5.88. The molecule has 1 N–H and O–H groups in total. The van der Waals surface area contributed by atoms with E-state index < -0.39 is 29.7 Å². The number of halogens is 5. The third-order valence-corrected chi connectivity index (χ3v) is 5.36. The van der Waals surface area contributed by atoms with Crippen LogP contribution in [0.15, 0.2) is 30.3 Å². The van der Waals surface area contributed by atoms with Crippen LogP contribution in [0.3, 0.4) is 0 Å². The maximum atomic E-state index is 14.2. The van der Waals surface area contributed by atoms with Crippen LogP contribution in [0, 0.1) is 11.9 Å². The summed E-state index contributed by atoms with van der Waals surface area (Å²) in [6, 6.07) is 4.32. The first-order valence-corrected chi connectivity index (χ1v) is 10.7. The summed E-state index contributed by atoms with van der Waals surface area (Å²) in [4.78, 5) is 7.53. The largest absolute Gasteiger partial charge is 0.493 e. The quantitative estimate of drug-likeness (QED) is 0.366. The van der Waals surface area contributed by atoms with E-state index in [-0.39, 0.29) is 35.4 Å². The van der Waals surface area contributed by atoms with Crippen molar-refractivity contribution in [2.24, 2.45) is 0 Å². The Balaban J connectivity index is 1.66. The van der Waals surface area contributed by atoms with Crippen LogP contribution in [0.5, 0.6) is 11.5 Å². The second-order valence-corrected chi connectivity index (χ2v) is 7.88. The van der Waals surface area contributed by atoms with Gasteiger partial charge in [0.25, 0.3) is 0 Å². The van der Waals surface area contributed by atoms with Gasteiger partial charge in [0.2, 0.25) is 0 Å². The van der Waals surface area contributed by atoms with Crippen LogP contribution in [0.1, 0.15) is 24.1 Å². The molecule has 1 aromatic heterocycles. The highest BCUT2D eigenvalue weighted by atomic mass is 19.4. The molecule has 1 fully saturated rings. The monoisotopic (exact) mass is 499 g/mol. The molecular weight excluding hydrogens is 477 g/mol. The maximum absolute atomic E-state index is 14.2. The molecule has 188 valence electrons. The van der Waals surface area contributed by atoms with Gasteiger partial charge in [-0.25, -0.2) is 9.37 Å². The van der Waals surface area contributed by atoms with Crippen molar-refractivity contribution in [3.8, 4) is 11.5 Å². The minimum Gasteiger partial charge on any atom is -0.493 e. The predicted octanol–water partition coefficient (Wildman–Crippen LogP) is 4.90. The van der Waals surface area contributed by atoms with E-state index in [1.165, 1.54) is 26.2 Å². The minimum atomic E-state index is -4.72. The second kappa shape index (κ2) is 10.2. The van der Waals surface area contributed by atoms with Crippen LogP contribution in [-0.2, 0) is 15.7 Å². The fourth-order valence-corrected chi connectivity index (χ4v) is 3.62. The van der Waals surface area contributed by atoms with Gasteiger partial charge in [-0.1, -0.05) is 0 Å². The zero-order valence-electron chi connectivity index (χ0n) is 18.8. The second-order valence-electron chi connectivity index (χ2n) is 7.88. The SMILES string of the molecule is COc1cc2nc(F)nc(N[C@H](C)c3cc(F)cc(C(F)(F)F)c3)c2cc1OC[C@@H]1COCCO1. The number of ether oxygens (including phenoxy) is 4. The minimum absolute atomic E-state index is 0.00364. The van der Waals surface area contributed by atoms with Crippen molar-refractivity contribution in [3.05, 3.63) is 53.4 Å². The highest BCUT2D eigenvalue weighted by Gasteiger charge is 2.32. The molecule has 1 saturated heterocycles. The average Bonchev–Trinajstić information content (AvgIpc) is 2.82. The standard InChI is InChI=1S/C23H22F5N3O4/c1-12(13-5-14(23(26,27)28)7-15(24)6-13)29-21-17-8-20(35-11-16-10-33-3-4-34-16)19(32-2)9-18(17)30-22(25)31-21/h5-9,12,16H,3-4,10-11H2,1-2H3,(H,29,30,31)/t12-,16+/m1/s1. The molecule has 35 heavy (non-hydrogen) atoms. The molecule has 1 aliphatic heterocycles. The number of nitrogens with one attached hydrogen (secondary N) is 1.